The molecule has 0 radical (unpaired) electrons. The van der Waals surface area contributed by atoms with Gasteiger partial charge in [0.05, 0.1) is 53.3 Å². The molecule has 5 rings (SSSR count). The lowest BCUT2D eigenvalue weighted by atomic mass is 9.95. The molecule has 1 aliphatic rings. The zero-order valence-electron chi connectivity index (χ0n) is 27.5. The lowest BCUT2D eigenvalue weighted by Gasteiger charge is -2.25. The van der Waals surface area contributed by atoms with Gasteiger partial charge in [-0.05, 0) is 93.8 Å². The summed E-state index contributed by atoms with van der Waals surface area (Å²) in [6.07, 6.45) is 1.60. The molecular weight excluding hydrogens is 659 g/mol. The van der Waals surface area contributed by atoms with Crippen LogP contribution in [0.25, 0.3) is 6.08 Å². The van der Waals surface area contributed by atoms with Gasteiger partial charge in [-0.1, -0.05) is 41.1 Å². The molecule has 252 valence electrons. The molecule has 1 aromatic heterocycles. The van der Waals surface area contributed by atoms with Crippen LogP contribution < -0.4 is 33.8 Å². The van der Waals surface area contributed by atoms with E-state index in [1.165, 1.54) is 35.1 Å². The molecule has 12 heteroatoms. The zero-order valence-corrected chi connectivity index (χ0v) is 29.0. The van der Waals surface area contributed by atoms with Gasteiger partial charge in [-0.25, -0.2) is 14.2 Å². The maximum atomic E-state index is 14.2. The summed E-state index contributed by atoms with van der Waals surface area (Å²) in [6, 6.07) is 14.0. The van der Waals surface area contributed by atoms with Crippen molar-refractivity contribution in [3.63, 3.8) is 0 Å². The molecule has 2 heterocycles. The molecule has 3 aromatic carbocycles. The fraction of sp³-hybridized carbons (Fsp3) is 0.306. The van der Waals surface area contributed by atoms with Crippen molar-refractivity contribution in [3.05, 3.63) is 113 Å². The van der Waals surface area contributed by atoms with Gasteiger partial charge in [0.25, 0.3) is 5.56 Å². The van der Waals surface area contributed by atoms with Gasteiger partial charge >= 0.3 is 5.97 Å². The first-order chi connectivity index (χ1) is 23.0. The van der Waals surface area contributed by atoms with E-state index < -0.39 is 12.0 Å². The Hall–Kier alpha value is -4.61. The highest BCUT2D eigenvalue weighted by molar-refractivity contribution is 7.07. The van der Waals surface area contributed by atoms with Crippen molar-refractivity contribution in [1.29, 1.82) is 0 Å². The van der Waals surface area contributed by atoms with E-state index in [4.69, 9.17) is 35.3 Å². The fourth-order valence-electron chi connectivity index (χ4n) is 5.32. The highest BCUT2D eigenvalue weighted by Gasteiger charge is 2.34. The Balaban J connectivity index is 1.61. The minimum atomic E-state index is -0.842. The lowest BCUT2D eigenvalue weighted by molar-refractivity contribution is -0.139. The normalized spacial score (nSPS) is 14.4. The third-order valence-corrected chi connectivity index (χ3v) is 8.55. The van der Waals surface area contributed by atoms with Crippen LogP contribution in [0.4, 0.5) is 4.39 Å². The summed E-state index contributed by atoms with van der Waals surface area (Å²) < 4.78 is 44.3. The molecule has 0 N–H and O–H groups in total. The van der Waals surface area contributed by atoms with Crippen molar-refractivity contribution in [2.45, 2.75) is 53.4 Å². The van der Waals surface area contributed by atoms with E-state index in [-0.39, 0.29) is 41.3 Å². The Kier molecular flexibility index (Phi) is 10.9. The number of allylic oxidation sites excluding steroid dienone is 1. The Morgan fingerprint density at radius 1 is 1.06 bits per heavy atom. The molecule has 9 nitrogen and oxygen atoms in total. The van der Waals surface area contributed by atoms with Crippen LogP contribution in [0.2, 0.25) is 5.02 Å². The maximum Gasteiger partial charge on any atom is 0.338 e. The molecule has 0 saturated heterocycles. The van der Waals surface area contributed by atoms with Gasteiger partial charge in [0.2, 0.25) is 0 Å². The predicted molar refractivity (Wildman–Crippen MR) is 183 cm³/mol. The molecular formula is C36H36ClFN2O7S. The number of fused-ring (bicyclic) bond motifs is 1. The summed E-state index contributed by atoms with van der Waals surface area (Å²) in [5.74, 6) is 0.726. The van der Waals surface area contributed by atoms with Crippen molar-refractivity contribution in [3.8, 4) is 23.0 Å². The summed E-state index contributed by atoms with van der Waals surface area (Å²) in [4.78, 5) is 32.6. The SMILES string of the molecule is CCOC(=O)C1=C(C)N=c2s/c(=C\c3cc(Cl)c(OCc4cccc(F)c4)c(OCC)c3)c(=O)n2[C@@H]1c1ccc(OC(C)C)c(OC)c1. The molecule has 1 aliphatic heterocycles. The van der Waals surface area contributed by atoms with Crippen molar-refractivity contribution in [2.24, 2.45) is 4.99 Å². The largest absolute Gasteiger partial charge is 0.493 e. The average Bonchev–Trinajstić information content (AvgIpc) is 3.33. The monoisotopic (exact) mass is 694 g/mol. The molecule has 1 atom stereocenters. The Bertz CT molecular complexity index is 2050. The Morgan fingerprint density at radius 3 is 2.54 bits per heavy atom. The van der Waals surface area contributed by atoms with Crippen LogP contribution in [-0.4, -0.2) is 37.0 Å². The Morgan fingerprint density at radius 2 is 1.85 bits per heavy atom. The van der Waals surface area contributed by atoms with E-state index in [2.05, 4.69) is 4.99 Å². The van der Waals surface area contributed by atoms with Crippen molar-refractivity contribution < 1.29 is 32.9 Å². The maximum absolute atomic E-state index is 14.2. The molecule has 48 heavy (non-hydrogen) atoms. The number of benzene rings is 3. The van der Waals surface area contributed by atoms with Crippen molar-refractivity contribution in [1.82, 2.24) is 4.57 Å². The van der Waals surface area contributed by atoms with Gasteiger partial charge in [-0.2, -0.15) is 0 Å². The van der Waals surface area contributed by atoms with Crippen LogP contribution in [0.15, 0.2) is 75.7 Å². The molecule has 0 amide bonds. The summed E-state index contributed by atoms with van der Waals surface area (Å²) >= 11 is 7.86. The molecule has 0 fully saturated rings. The number of aromatic nitrogens is 1. The number of ether oxygens (including phenoxy) is 5. The number of rotatable bonds is 12. The molecule has 0 bridgehead atoms. The topological polar surface area (TPSA) is 97.6 Å². The van der Waals surface area contributed by atoms with E-state index in [0.717, 1.165) is 0 Å². The van der Waals surface area contributed by atoms with E-state index in [9.17, 15) is 14.0 Å². The molecule has 0 aliphatic carbocycles. The number of hydrogen-bond donors (Lipinski definition) is 0. The second kappa shape index (κ2) is 15.1. The van der Waals surface area contributed by atoms with Crippen molar-refractivity contribution >= 4 is 35.0 Å². The molecule has 0 spiro atoms. The van der Waals surface area contributed by atoms with E-state index >= 15 is 0 Å². The van der Waals surface area contributed by atoms with Crippen LogP contribution in [0.5, 0.6) is 23.0 Å². The second-order valence-corrected chi connectivity index (χ2v) is 12.5. The first-order valence-electron chi connectivity index (χ1n) is 15.4. The number of nitrogens with zero attached hydrogens (tertiary/aromatic N) is 2. The number of thiazole rings is 1. The van der Waals surface area contributed by atoms with E-state index in [0.29, 0.717) is 61.3 Å². The van der Waals surface area contributed by atoms with E-state index in [1.54, 1.807) is 62.4 Å². The van der Waals surface area contributed by atoms with Gasteiger partial charge in [-0.3, -0.25) is 9.36 Å². The smallest absolute Gasteiger partial charge is 0.338 e. The van der Waals surface area contributed by atoms with Crippen LogP contribution in [-0.2, 0) is 16.1 Å². The zero-order chi connectivity index (χ0) is 34.5. The molecule has 0 unspecified atom stereocenters. The average molecular weight is 695 g/mol. The summed E-state index contributed by atoms with van der Waals surface area (Å²) in [7, 11) is 1.53. The van der Waals surface area contributed by atoms with Crippen LogP contribution >= 0.6 is 22.9 Å². The van der Waals surface area contributed by atoms with Crippen LogP contribution in [0.3, 0.4) is 0 Å². The van der Waals surface area contributed by atoms with Gasteiger partial charge in [0, 0.05) is 0 Å². The first kappa shape index (κ1) is 34.7. The van der Waals surface area contributed by atoms with Gasteiger partial charge < -0.3 is 23.7 Å². The van der Waals surface area contributed by atoms with Gasteiger partial charge in [0.1, 0.15) is 12.4 Å². The third kappa shape index (κ3) is 7.42. The highest BCUT2D eigenvalue weighted by Crippen LogP contribution is 2.38. The van der Waals surface area contributed by atoms with Crippen LogP contribution in [0, 0.1) is 5.82 Å². The highest BCUT2D eigenvalue weighted by atomic mass is 35.5. The second-order valence-electron chi connectivity index (χ2n) is 11.1. The number of carbonyl (C=O) groups is 1. The summed E-state index contributed by atoms with van der Waals surface area (Å²) in [5, 5.41) is 0.255. The summed E-state index contributed by atoms with van der Waals surface area (Å²) in [6.45, 7) is 9.66. The van der Waals surface area contributed by atoms with Gasteiger partial charge in [-0.15, -0.1) is 0 Å². The minimum absolute atomic E-state index is 0.0764. The number of halogens is 2. The lowest BCUT2D eigenvalue weighted by Crippen LogP contribution is -2.40. The molecule has 4 aromatic rings. The summed E-state index contributed by atoms with van der Waals surface area (Å²) in [5.41, 5.74) is 2.16. The number of esters is 1. The fourth-order valence-corrected chi connectivity index (χ4v) is 6.64. The third-order valence-electron chi connectivity index (χ3n) is 7.28. The van der Waals surface area contributed by atoms with Gasteiger partial charge in [0.15, 0.2) is 27.8 Å². The minimum Gasteiger partial charge on any atom is -0.493 e. The van der Waals surface area contributed by atoms with E-state index in [1.807, 2.05) is 20.8 Å². The number of methoxy groups -OCH3 is 1. The predicted octanol–water partition coefficient (Wildman–Crippen LogP) is 6.36. The van der Waals surface area contributed by atoms with Crippen molar-refractivity contribution in [2.75, 3.05) is 20.3 Å². The number of hydrogen-bond acceptors (Lipinski definition) is 9. The molecule has 0 saturated carbocycles. The van der Waals surface area contributed by atoms with Crippen LogP contribution in [0.1, 0.15) is 57.4 Å². The number of carbonyl (C=O) groups excluding carboxylic acids is 1. The standard InChI is InChI=1S/C36H36ClFN2O7S/c1-7-44-29-16-23(15-26(37)33(29)46-19-22-10-9-11-25(38)14-22)17-30-34(41)40-32(24-12-13-27(47-20(3)4)28(18-24)43-6)31(35(42)45-8-2)21(5)39-36(40)48-30/h9-18,20,32H,7-8,19H2,1-6H3/b30-17-/t32-/m1/s1. The quantitative estimate of drug-likeness (QED) is 0.159. The first-order valence-corrected chi connectivity index (χ1v) is 16.6. The Labute approximate surface area is 286 Å².